The van der Waals surface area contributed by atoms with Gasteiger partial charge in [0.15, 0.2) is 0 Å². The molecule has 0 heterocycles. The molecule has 1 rings (SSSR count). The predicted octanol–water partition coefficient (Wildman–Crippen LogP) is 3.15. The number of halogens is 4. The lowest BCUT2D eigenvalue weighted by Gasteiger charge is -2.03. The molecule has 0 spiro atoms. The summed E-state index contributed by atoms with van der Waals surface area (Å²) in [6, 6.07) is 1.89. The van der Waals surface area contributed by atoms with Crippen LogP contribution >= 0.6 is 33.9 Å². The van der Waals surface area contributed by atoms with E-state index < -0.39 is 14.9 Å². The standard InChI is InChI=1S/C7H4Cl3FO2S/c8-3-4-1-5(14(10,12)13)2-6(11)7(4)9/h1-2H,3H2. The summed E-state index contributed by atoms with van der Waals surface area (Å²) in [4.78, 5) is -0.350. The monoisotopic (exact) mass is 276 g/mol. The molecule has 0 amide bonds. The molecule has 7 heteroatoms. The van der Waals surface area contributed by atoms with Gasteiger partial charge in [-0.05, 0) is 17.7 Å². The molecular weight excluding hydrogens is 273 g/mol. The van der Waals surface area contributed by atoms with Crippen LogP contribution in [0.25, 0.3) is 0 Å². The molecular formula is C7H4Cl3FO2S. The number of rotatable bonds is 2. The van der Waals surface area contributed by atoms with E-state index in [2.05, 4.69) is 0 Å². The Morgan fingerprint density at radius 1 is 1.36 bits per heavy atom. The molecule has 1 aromatic carbocycles. The zero-order valence-electron chi connectivity index (χ0n) is 6.60. The van der Waals surface area contributed by atoms with Crippen molar-refractivity contribution in [1.29, 1.82) is 0 Å². The van der Waals surface area contributed by atoms with Crippen LogP contribution in [0.2, 0.25) is 5.02 Å². The molecule has 0 aliphatic heterocycles. The molecule has 1 aromatic rings. The summed E-state index contributed by atoms with van der Waals surface area (Å²) in [7, 11) is 1.07. The van der Waals surface area contributed by atoms with Crippen molar-refractivity contribution < 1.29 is 12.8 Å². The lowest BCUT2D eigenvalue weighted by atomic mass is 10.2. The van der Waals surface area contributed by atoms with Gasteiger partial charge in [-0.2, -0.15) is 0 Å². The van der Waals surface area contributed by atoms with E-state index in [1.54, 1.807) is 0 Å². The average Bonchev–Trinajstić information content (AvgIpc) is 2.07. The molecule has 0 aliphatic carbocycles. The Hall–Kier alpha value is -0.0300. The fraction of sp³-hybridized carbons (Fsp3) is 0.143. The van der Waals surface area contributed by atoms with E-state index in [4.69, 9.17) is 33.9 Å². The highest BCUT2D eigenvalue weighted by Crippen LogP contribution is 2.27. The number of hydrogen-bond donors (Lipinski definition) is 0. The van der Waals surface area contributed by atoms with Gasteiger partial charge in [-0.25, -0.2) is 12.8 Å². The molecule has 14 heavy (non-hydrogen) atoms. The Morgan fingerprint density at radius 2 is 1.93 bits per heavy atom. The fourth-order valence-electron chi connectivity index (χ4n) is 0.856. The minimum Gasteiger partial charge on any atom is -0.207 e. The van der Waals surface area contributed by atoms with Crippen LogP contribution in [0.1, 0.15) is 5.56 Å². The minimum absolute atomic E-state index is 0.0873. The van der Waals surface area contributed by atoms with E-state index in [1.165, 1.54) is 0 Å². The fourth-order valence-corrected chi connectivity index (χ4v) is 2.11. The van der Waals surface area contributed by atoms with Gasteiger partial charge in [0.25, 0.3) is 9.05 Å². The molecule has 0 radical (unpaired) electrons. The Balaban J connectivity index is 3.46. The van der Waals surface area contributed by atoms with Crippen molar-refractivity contribution in [2.75, 3.05) is 0 Å². The van der Waals surface area contributed by atoms with Crippen LogP contribution in [0, 0.1) is 5.82 Å². The SMILES string of the molecule is O=S(=O)(Cl)c1cc(F)c(Cl)c(CCl)c1. The van der Waals surface area contributed by atoms with Gasteiger partial charge >= 0.3 is 0 Å². The zero-order chi connectivity index (χ0) is 10.9. The Kier molecular flexibility index (Phi) is 3.63. The van der Waals surface area contributed by atoms with Gasteiger partial charge in [0.2, 0.25) is 0 Å². The third-order valence-electron chi connectivity index (χ3n) is 1.50. The van der Waals surface area contributed by atoms with Gasteiger partial charge < -0.3 is 0 Å². The maximum Gasteiger partial charge on any atom is 0.261 e. The molecule has 0 fully saturated rings. The van der Waals surface area contributed by atoms with Crippen molar-refractivity contribution in [2.24, 2.45) is 0 Å². The summed E-state index contributed by atoms with van der Waals surface area (Å²) >= 11 is 11.0. The molecule has 2 nitrogen and oxygen atoms in total. The summed E-state index contributed by atoms with van der Waals surface area (Å²) in [6.45, 7) is 0. The first-order valence-electron chi connectivity index (χ1n) is 3.35. The van der Waals surface area contributed by atoms with Crippen molar-refractivity contribution in [3.63, 3.8) is 0 Å². The maximum absolute atomic E-state index is 13.0. The Bertz CT molecular complexity index is 458. The predicted molar refractivity (Wildman–Crippen MR) is 54.0 cm³/mol. The lowest BCUT2D eigenvalue weighted by molar-refractivity contribution is 0.601. The quantitative estimate of drug-likeness (QED) is 0.615. The van der Waals surface area contributed by atoms with Crippen LogP contribution in [0.5, 0.6) is 0 Å². The topological polar surface area (TPSA) is 34.1 Å². The van der Waals surface area contributed by atoms with Crippen LogP contribution < -0.4 is 0 Å². The molecule has 0 saturated carbocycles. The second-order valence-corrected chi connectivity index (χ2v) is 5.66. The van der Waals surface area contributed by atoms with Crippen LogP contribution in [0.3, 0.4) is 0 Å². The highest BCUT2D eigenvalue weighted by Gasteiger charge is 2.16. The summed E-state index contributed by atoms with van der Waals surface area (Å²) in [6.07, 6.45) is 0. The maximum atomic E-state index is 13.0. The van der Waals surface area contributed by atoms with E-state index >= 15 is 0 Å². The number of hydrogen-bond acceptors (Lipinski definition) is 2. The van der Waals surface area contributed by atoms with E-state index in [9.17, 15) is 12.8 Å². The summed E-state index contributed by atoms with van der Waals surface area (Å²) in [5.74, 6) is -0.945. The third kappa shape index (κ3) is 2.51. The normalized spacial score (nSPS) is 11.7. The van der Waals surface area contributed by atoms with Gasteiger partial charge in [-0.15, -0.1) is 11.6 Å². The van der Waals surface area contributed by atoms with Crippen molar-refractivity contribution in [3.05, 3.63) is 28.5 Å². The van der Waals surface area contributed by atoms with Crippen LogP contribution in [0.4, 0.5) is 4.39 Å². The van der Waals surface area contributed by atoms with E-state index in [0.717, 1.165) is 12.1 Å². The van der Waals surface area contributed by atoms with Crippen LogP contribution in [0.15, 0.2) is 17.0 Å². The molecule has 0 atom stereocenters. The first-order chi connectivity index (χ1) is 6.36. The van der Waals surface area contributed by atoms with Crippen LogP contribution in [-0.2, 0) is 14.9 Å². The molecule has 0 unspecified atom stereocenters. The zero-order valence-corrected chi connectivity index (χ0v) is 9.68. The summed E-state index contributed by atoms with van der Waals surface area (Å²) in [5.41, 5.74) is 0.188. The van der Waals surface area contributed by atoms with Gasteiger partial charge in [0, 0.05) is 16.6 Å². The first-order valence-corrected chi connectivity index (χ1v) is 6.57. The Morgan fingerprint density at radius 3 is 2.36 bits per heavy atom. The van der Waals surface area contributed by atoms with Gasteiger partial charge in [0.1, 0.15) is 5.82 Å². The first kappa shape index (κ1) is 12.0. The molecule has 0 saturated heterocycles. The Labute approximate surface area is 95.0 Å². The van der Waals surface area contributed by atoms with E-state index in [1.807, 2.05) is 0 Å². The third-order valence-corrected chi connectivity index (χ3v) is 3.55. The molecule has 0 aromatic heterocycles. The molecule has 0 N–H and O–H groups in total. The largest absolute Gasteiger partial charge is 0.261 e. The van der Waals surface area contributed by atoms with Gasteiger partial charge in [-0.1, -0.05) is 11.6 Å². The number of alkyl halides is 1. The highest BCUT2D eigenvalue weighted by atomic mass is 35.7. The van der Waals surface area contributed by atoms with E-state index in [0.29, 0.717) is 0 Å². The highest BCUT2D eigenvalue weighted by molar-refractivity contribution is 8.13. The van der Waals surface area contributed by atoms with Gasteiger partial charge in [0.05, 0.1) is 9.92 Å². The second-order valence-electron chi connectivity index (χ2n) is 2.45. The molecule has 0 bridgehead atoms. The molecule has 78 valence electrons. The number of benzene rings is 1. The average molecular weight is 278 g/mol. The molecule has 0 aliphatic rings. The minimum atomic E-state index is -3.96. The van der Waals surface area contributed by atoms with Crippen molar-refractivity contribution >= 4 is 42.9 Å². The van der Waals surface area contributed by atoms with Crippen LogP contribution in [-0.4, -0.2) is 8.42 Å². The summed E-state index contributed by atoms with van der Waals surface area (Å²) in [5, 5.41) is -0.191. The van der Waals surface area contributed by atoms with Crippen molar-refractivity contribution in [1.82, 2.24) is 0 Å². The van der Waals surface area contributed by atoms with Gasteiger partial charge in [-0.3, -0.25) is 0 Å². The smallest absolute Gasteiger partial charge is 0.207 e. The van der Waals surface area contributed by atoms with Crippen molar-refractivity contribution in [2.45, 2.75) is 10.8 Å². The summed E-state index contributed by atoms with van der Waals surface area (Å²) < 4.78 is 34.8. The second kappa shape index (κ2) is 4.23. The van der Waals surface area contributed by atoms with E-state index in [-0.39, 0.29) is 21.4 Å². The lowest BCUT2D eigenvalue weighted by Crippen LogP contribution is -1.95. The van der Waals surface area contributed by atoms with Crippen molar-refractivity contribution in [3.8, 4) is 0 Å².